The monoisotopic (exact) mass is 589 g/mol. The van der Waals surface area contributed by atoms with E-state index in [4.69, 9.17) is 9.47 Å². The van der Waals surface area contributed by atoms with Gasteiger partial charge in [0, 0.05) is 13.1 Å². The first-order valence-electron chi connectivity index (χ1n) is 15.5. The number of unbranched alkanes of at least 4 members (excludes halogenated alkanes) is 5. The van der Waals surface area contributed by atoms with Crippen LogP contribution in [0.4, 0.5) is 4.79 Å². The van der Waals surface area contributed by atoms with Gasteiger partial charge in [0.05, 0.1) is 13.0 Å². The third-order valence-electron chi connectivity index (χ3n) is 6.95. The van der Waals surface area contributed by atoms with Crippen LogP contribution in [0.1, 0.15) is 116 Å². The fourth-order valence-corrected chi connectivity index (χ4v) is 4.86. The molecule has 2 N–H and O–H groups in total. The minimum absolute atomic E-state index is 0.0270. The molecular formula is C33H55N3O6. The van der Waals surface area contributed by atoms with Gasteiger partial charge in [-0.25, -0.2) is 4.79 Å². The average Bonchev–Trinajstić information content (AvgIpc) is 2.88. The van der Waals surface area contributed by atoms with Crippen molar-refractivity contribution in [2.75, 3.05) is 19.7 Å². The Kier molecular flexibility index (Phi) is 16.2. The molecule has 2 unspecified atom stereocenters. The van der Waals surface area contributed by atoms with Gasteiger partial charge in [0.25, 0.3) is 0 Å². The Labute approximate surface area is 253 Å². The SMILES string of the molecule is CCCCCCCCN(C(=O)C(NC(=O)OC(C)(C)C)C(C)C)C(C(=O)NCCC(=O)OCC)c1c(C)cccc1C. The van der Waals surface area contributed by atoms with Crippen LogP contribution < -0.4 is 10.6 Å². The zero-order chi connectivity index (χ0) is 31.9. The van der Waals surface area contributed by atoms with Crippen LogP contribution in [0.5, 0.6) is 0 Å². The van der Waals surface area contributed by atoms with E-state index in [1.807, 2.05) is 45.9 Å². The molecule has 0 bridgehead atoms. The number of esters is 1. The second-order valence-corrected chi connectivity index (χ2v) is 12.2. The van der Waals surface area contributed by atoms with Crippen LogP contribution in [0.25, 0.3) is 0 Å². The highest BCUT2D eigenvalue weighted by Gasteiger charge is 2.38. The van der Waals surface area contributed by atoms with Crippen molar-refractivity contribution < 1.29 is 28.7 Å². The number of hydrogen-bond acceptors (Lipinski definition) is 6. The Bertz CT molecular complexity index is 997. The van der Waals surface area contributed by atoms with Gasteiger partial charge in [-0.05, 0) is 70.6 Å². The summed E-state index contributed by atoms with van der Waals surface area (Å²) in [6.45, 7) is 17.4. The number of aryl methyl sites for hydroxylation is 2. The van der Waals surface area contributed by atoms with Gasteiger partial charge in [-0.3, -0.25) is 14.4 Å². The van der Waals surface area contributed by atoms with Crippen LogP contribution in [-0.4, -0.2) is 60.1 Å². The predicted octanol–water partition coefficient (Wildman–Crippen LogP) is 6.15. The number of ether oxygens (including phenoxy) is 2. The molecule has 0 heterocycles. The second kappa shape index (κ2) is 18.4. The first-order valence-corrected chi connectivity index (χ1v) is 15.5. The number of hydrogen-bond donors (Lipinski definition) is 2. The molecule has 0 saturated carbocycles. The fourth-order valence-electron chi connectivity index (χ4n) is 4.86. The van der Waals surface area contributed by atoms with Gasteiger partial charge >= 0.3 is 12.1 Å². The molecule has 0 saturated heterocycles. The van der Waals surface area contributed by atoms with E-state index >= 15 is 0 Å². The summed E-state index contributed by atoms with van der Waals surface area (Å²) in [6, 6.07) is 3.92. The van der Waals surface area contributed by atoms with Gasteiger partial charge < -0.3 is 25.0 Å². The molecule has 1 rings (SSSR count). The molecule has 9 heteroatoms. The summed E-state index contributed by atoms with van der Waals surface area (Å²) in [7, 11) is 0. The van der Waals surface area contributed by atoms with Crippen LogP contribution in [-0.2, 0) is 23.9 Å². The topological polar surface area (TPSA) is 114 Å². The molecule has 0 spiro atoms. The van der Waals surface area contributed by atoms with E-state index in [1.165, 1.54) is 0 Å². The van der Waals surface area contributed by atoms with Crippen LogP contribution in [0.15, 0.2) is 18.2 Å². The molecular weight excluding hydrogens is 534 g/mol. The van der Waals surface area contributed by atoms with Crippen molar-refractivity contribution in [3.05, 3.63) is 34.9 Å². The van der Waals surface area contributed by atoms with Crippen molar-refractivity contribution in [1.29, 1.82) is 0 Å². The number of rotatable bonds is 17. The maximum atomic E-state index is 14.4. The Morgan fingerprint density at radius 1 is 0.929 bits per heavy atom. The Balaban J connectivity index is 3.49. The van der Waals surface area contributed by atoms with Crippen molar-refractivity contribution in [1.82, 2.24) is 15.5 Å². The van der Waals surface area contributed by atoms with E-state index in [0.717, 1.165) is 48.8 Å². The lowest BCUT2D eigenvalue weighted by Gasteiger charge is -2.36. The Morgan fingerprint density at radius 3 is 2.07 bits per heavy atom. The summed E-state index contributed by atoms with van der Waals surface area (Å²) < 4.78 is 10.5. The summed E-state index contributed by atoms with van der Waals surface area (Å²) in [5, 5.41) is 5.65. The molecule has 2 atom stereocenters. The van der Waals surface area contributed by atoms with Crippen molar-refractivity contribution in [3.8, 4) is 0 Å². The largest absolute Gasteiger partial charge is 0.466 e. The average molecular weight is 590 g/mol. The van der Waals surface area contributed by atoms with E-state index in [0.29, 0.717) is 13.0 Å². The van der Waals surface area contributed by atoms with Crippen LogP contribution in [0.3, 0.4) is 0 Å². The van der Waals surface area contributed by atoms with Gasteiger partial charge in [0.2, 0.25) is 11.8 Å². The molecule has 0 radical (unpaired) electrons. The summed E-state index contributed by atoms with van der Waals surface area (Å²) in [5.74, 6) is -1.39. The zero-order valence-corrected chi connectivity index (χ0v) is 27.4. The van der Waals surface area contributed by atoms with Gasteiger partial charge in [0.1, 0.15) is 17.7 Å². The molecule has 0 aliphatic rings. The molecule has 1 aromatic rings. The lowest BCUT2D eigenvalue weighted by atomic mass is 9.92. The predicted molar refractivity (Wildman–Crippen MR) is 166 cm³/mol. The van der Waals surface area contributed by atoms with Crippen molar-refractivity contribution in [3.63, 3.8) is 0 Å². The van der Waals surface area contributed by atoms with Crippen LogP contribution >= 0.6 is 0 Å². The number of benzene rings is 1. The van der Waals surface area contributed by atoms with Gasteiger partial charge in [-0.1, -0.05) is 71.1 Å². The molecule has 238 valence electrons. The van der Waals surface area contributed by atoms with E-state index < -0.39 is 29.7 Å². The lowest BCUT2D eigenvalue weighted by molar-refractivity contribution is -0.145. The molecule has 3 amide bonds. The van der Waals surface area contributed by atoms with Gasteiger partial charge in [-0.15, -0.1) is 0 Å². The van der Waals surface area contributed by atoms with Gasteiger partial charge in [-0.2, -0.15) is 0 Å². The van der Waals surface area contributed by atoms with E-state index in [2.05, 4.69) is 17.6 Å². The van der Waals surface area contributed by atoms with E-state index in [1.54, 1.807) is 32.6 Å². The summed E-state index contributed by atoms with van der Waals surface area (Å²) in [4.78, 5) is 54.6. The number of nitrogens with one attached hydrogen (secondary N) is 2. The van der Waals surface area contributed by atoms with E-state index in [-0.39, 0.29) is 37.3 Å². The maximum absolute atomic E-state index is 14.4. The number of carbonyl (C=O) groups is 4. The highest BCUT2D eigenvalue weighted by atomic mass is 16.6. The van der Waals surface area contributed by atoms with Crippen LogP contribution in [0, 0.1) is 19.8 Å². The molecule has 0 aliphatic heterocycles. The quantitative estimate of drug-likeness (QED) is 0.166. The molecule has 1 aromatic carbocycles. The number of amides is 3. The Morgan fingerprint density at radius 2 is 1.52 bits per heavy atom. The highest BCUT2D eigenvalue weighted by molar-refractivity contribution is 5.92. The zero-order valence-electron chi connectivity index (χ0n) is 27.4. The second-order valence-electron chi connectivity index (χ2n) is 12.2. The minimum Gasteiger partial charge on any atom is -0.466 e. The normalized spacial score (nSPS) is 12.8. The molecule has 0 fully saturated rings. The summed E-state index contributed by atoms with van der Waals surface area (Å²) in [6.07, 6.45) is 5.43. The fraction of sp³-hybridized carbons (Fsp3) is 0.697. The molecule has 0 aromatic heterocycles. The number of nitrogens with zero attached hydrogens (tertiary/aromatic N) is 1. The first-order chi connectivity index (χ1) is 19.7. The van der Waals surface area contributed by atoms with Crippen LogP contribution in [0.2, 0.25) is 0 Å². The highest BCUT2D eigenvalue weighted by Crippen LogP contribution is 2.30. The standard InChI is InChI=1S/C33H55N3O6/c1-10-12-13-14-15-16-22-36(31(39)28(23(3)4)35-32(40)42-33(7,8)9)29(27-24(5)18-17-19-25(27)6)30(38)34-21-20-26(37)41-11-2/h17-19,23,28-29H,10-16,20-22H2,1-9H3,(H,34,38)(H,35,40). The first kappa shape index (κ1) is 36.9. The van der Waals surface area contributed by atoms with Crippen molar-refractivity contribution in [2.24, 2.45) is 5.92 Å². The molecule has 9 nitrogen and oxygen atoms in total. The summed E-state index contributed by atoms with van der Waals surface area (Å²) >= 11 is 0. The van der Waals surface area contributed by atoms with Crippen molar-refractivity contribution >= 4 is 23.9 Å². The maximum Gasteiger partial charge on any atom is 0.408 e. The third kappa shape index (κ3) is 12.8. The summed E-state index contributed by atoms with van der Waals surface area (Å²) in [5.41, 5.74) is 1.77. The third-order valence-corrected chi connectivity index (χ3v) is 6.95. The minimum atomic E-state index is -0.946. The molecule has 0 aliphatic carbocycles. The Hall–Kier alpha value is -3.10. The van der Waals surface area contributed by atoms with Gasteiger partial charge in [0.15, 0.2) is 0 Å². The smallest absolute Gasteiger partial charge is 0.408 e. The number of carbonyl (C=O) groups excluding carboxylic acids is 4. The molecule has 42 heavy (non-hydrogen) atoms. The van der Waals surface area contributed by atoms with Crippen molar-refractivity contribution in [2.45, 2.75) is 125 Å². The number of alkyl carbamates (subject to hydrolysis) is 1. The lowest BCUT2D eigenvalue weighted by Crippen LogP contribution is -2.55. The van der Waals surface area contributed by atoms with E-state index in [9.17, 15) is 19.2 Å².